The highest BCUT2D eigenvalue weighted by atomic mass is 35.5. The Bertz CT molecular complexity index is 1190. The molecule has 0 bridgehead atoms. The highest BCUT2D eigenvalue weighted by molar-refractivity contribution is 6.37. The summed E-state index contributed by atoms with van der Waals surface area (Å²) in [6.07, 6.45) is 0. The van der Waals surface area contributed by atoms with Crippen molar-refractivity contribution >= 4 is 46.5 Å². The van der Waals surface area contributed by atoms with Crippen molar-refractivity contribution in [3.05, 3.63) is 92.0 Å². The third-order valence-electron chi connectivity index (χ3n) is 4.38. The number of carbonyl (C=O) groups excluding carboxylic acids is 1. The lowest BCUT2D eigenvalue weighted by atomic mass is 10.1. The number of aryl methyl sites for hydroxylation is 1. The van der Waals surface area contributed by atoms with Crippen LogP contribution in [0.1, 0.15) is 18.1 Å². The Morgan fingerprint density at radius 2 is 1.73 bits per heavy atom. The van der Waals surface area contributed by atoms with Crippen molar-refractivity contribution in [3.8, 4) is 11.5 Å². The molecule has 2 amide bonds. The summed E-state index contributed by atoms with van der Waals surface area (Å²) in [7, 11) is 0. The number of nitro benzene ring substituents is 1. The molecule has 3 rings (SSSR count). The first kappa shape index (κ1) is 24.0. The standard InChI is InChI=1S/C23H19Cl2N3O5/c1-3-32-22(18-7-5-4-6-14(18)2)27-23(29)26-15-12-19(24)21(20(25)13-15)33-17-10-8-16(9-11-17)28(30)31/h4-13H,3H2,1-2H3,(H,26,29). The van der Waals surface area contributed by atoms with E-state index >= 15 is 0 Å². The van der Waals surface area contributed by atoms with Gasteiger partial charge < -0.3 is 14.8 Å². The normalized spacial score (nSPS) is 11.1. The molecule has 3 aromatic carbocycles. The molecule has 0 saturated carbocycles. The zero-order valence-electron chi connectivity index (χ0n) is 17.7. The average molecular weight is 488 g/mol. The number of anilines is 1. The van der Waals surface area contributed by atoms with Gasteiger partial charge in [0.2, 0.25) is 5.90 Å². The number of nitrogens with zero attached hydrogens (tertiary/aromatic N) is 2. The Balaban J connectivity index is 1.78. The summed E-state index contributed by atoms with van der Waals surface area (Å²) in [5.41, 5.74) is 1.85. The molecular weight excluding hydrogens is 469 g/mol. The van der Waals surface area contributed by atoms with Crippen molar-refractivity contribution in [3.63, 3.8) is 0 Å². The predicted octanol–water partition coefficient (Wildman–Crippen LogP) is 7.02. The molecular formula is C23H19Cl2N3O5. The fraction of sp³-hybridized carbons (Fsp3) is 0.130. The molecule has 0 atom stereocenters. The largest absolute Gasteiger partial charge is 0.477 e. The molecule has 0 aliphatic carbocycles. The first-order chi connectivity index (χ1) is 15.8. The number of urea groups is 1. The van der Waals surface area contributed by atoms with Gasteiger partial charge in [0.25, 0.3) is 5.69 Å². The van der Waals surface area contributed by atoms with E-state index in [1.54, 1.807) is 6.92 Å². The maximum atomic E-state index is 12.5. The summed E-state index contributed by atoms with van der Waals surface area (Å²) in [4.78, 5) is 26.8. The summed E-state index contributed by atoms with van der Waals surface area (Å²) in [5.74, 6) is 0.650. The van der Waals surface area contributed by atoms with Gasteiger partial charge in [-0.25, -0.2) is 4.79 Å². The van der Waals surface area contributed by atoms with Gasteiger partial charge in [-0.1, -0.05) is 41.4 Å². The molecule has 1 N–H and O–H groups in total. The van der Waals surface area contributed by atoms with E-state index in [1.807, 2.05) is 31.2 Å². The zero-order chi connectivity index (χ0) is 24.0. The third kappa shape index (κ3) is 6.21. The summed E-state index contributed by atoms with van der Waals surface area (Å²) < 4.78 is 11.2. The lowest BCUT2D eigenvalue weighted by molar-refractivity contribution is -0.384. The van der Waals surface area contributed by atoms with Crippen LogP contribution in [-0.4, -0.2) is 23.5 Å². The Hall–Kier alpha value is -3.62. The van der Waals surface area contributed by atoms with Gasteiger partial charge in [0.1, 0.15) is 5.75 Å². The SMILES string of the molecule is CCOC(=NC(=O)Nc1cc(Cl)c(Oc2ccc([N+](=O)[O-])cc2)c(Cl)c1)c1ccccc1C. The molecule has 3 aromatic rings. The van der Waals surface area contributed by atoms with Crippen LogP contribution in [0.25, 0.3) is 0 Å². The first-order valence-electron chi connectivity index (χ1n) is 9.78. The maximum Gasteiger partial charge on any atom is 0.348 e. The Morgan fingerprint density at radius 3 is 2.30 bits per heavy atom. The third-order valence-corrected chi connectivity index (χ3v) is 4.94. The van der Waals surface area contributed by atoms with Crippen molar-refractivity contribution < 1.29 is 19.2 Å². The molecule has 0 fully saturated rings. The smallest absolute Gasteiger partial charge is 0.348 e. The van der Waals surface area contributed by atoms with Gasteiger partial charge >= 0.3 is 6.03 Å². The van der Waals surface area contributed by atoms with Gasteiger partial charge in [0.05, 0.1) is 21.6 Å². The van der Waals surface area contributed by atoms with E-state index in [4.69, 9.17) is 32.7 Å². The number of nitro groups is 1. The fourth-order valence-corrected chi connectivity index (χ4v) is 3.41. The molecule has 0 radical (unpaired) electrons. The molecule has 170 valence electrons. The zero-order valence-corrected chi connectivity index (χ0v) is 19.2. The molecule has 0 aliphatic heterocycles. The molecule has 33 heavy (non-hydrogen) atoms. The number of halogens is 2. The maximum absolute atomic E-state index is 12.5. The van der Waals surface area contributed by atoms with Crippen molar-refractivity contribution in [2.75, 3.05) is 11.9 Å². The quantitative estimate of drug-likeness (QED) is 0.174. The average Bonchev–Trinajstić information content (AvgIpc) is 2.76. The minimum atomic E-state index is -0.669. The van der Waals surface area contributed by atoms with E-state index in [0.717, 1.165) is 5.56 Å². The number of ether oxygens (including phenoxy) is 2. The van der Waals surface area contributed by atoms with Crippen LogP contribution in [0.15, 0.2) is 65.7 Å². The van der Waals surface area contributed by atoms with E-state index < -0.39 is 11.0 Å². The summed E-state index contributed by atoms with van der Waals surface area (Å²) in [6.45, 7) is 4.03. The van der Waals surface area contributed by atoms with Crippen LogP contribution in [0.4, 0.5) is 16.2 Å². The minimum absolute atomic E-state index is 0.0738. The number of benzene rings is 3. The fourth-order valence-electron chi connectivity index (χ4n) is 2.85. The number of non-ortho nitro benzene ring substituents is 1. The molecule has 8 nitrogen and oxygen atoms in total. The van der Waals surface area contributed by atoms with Gasteiger partial charge in [-0.2, -0.15) is 4.99 Å². The number of hydrogen-bond acceptors (Lipinski definition) is 5. The second-order valence-corrected chi connectivity index (χ2v) is 7.53. The number of carbonyl (C=O) groups is 1. The highest BCUT2D eigenvalue weighted by Crippen LogP contribution is 2.39. The van der Waals surface area contributed by atoms with Gasteiger partial charge in [0.15, 0.2) is 5.75 Å². The van der Waals surface area contributed by atoms with Crippen molar-refractivity contribution in [2.45, 2.75) is 13.8 Å². The molecule has 0 saturated heterocycles. The number of rotatable bonds is 6. The van der Waals surface area contributed by atoms with Crippen molar-refractivity contribution in [1.82, 2.24) is 0 Å². The summed E-state index contributed by atoms with van der Waals surface area (Å²) >= 11 is 12.6. The van der Waals surface area contributed by atoms with Crippen LogP contribution in [0.2, 0.25) is 10.0 Å². The van der Waals surface area contributed by atoms with E-state index in [2.05, 4.69) is 10.3 Å². The highest BCUT2D eigenvalue weighted by Gasteiger charge is 2.15. The van der Waals surface area contributed by atoms with Crippen LogP contribution in [-0.2, 0) is 4.74 Å². The van der Waals surface area contributed by atoms with Crippen LogP contribution in [0, 0.1) is 17.0 Å². The van der Waals surface area contributed by atoms with Crippen LogP contribution >= 0.6 is 23.2 Å². The predicted molar refractivity (Wildman–Crippen MR) is 128 cm³/mol. The number of hydrogen-bond donors (Lipinski definition) is 1. The molecule has 0 spiro atoms. The molecule has 0 aliphatic rings. The molecule has 0 heterocycles. The second-order valence-electron chi connectivity index (χ2n) is 6.72. The number of aliphatic imine (C=N–C) groups is 1. The van der Waals surface area contributed by atoms with Crippen molar-refractivity contribution in [2.24, 2.45) is 4.99 Å². The van der Waals surface area contributed by atoms with Gasteiger partial charge in [-0.15, -0.1) is 0 Å². The van der Waals surface area contributed by atoms with Crippen LogP contribution in [0.5, 0.6) is 11.5 Å². The van der Waals surface area contributed by atoms with E-state index in [9.17, 15) is 14.9 Å². The topological polar surface area (TPSA) is 103 Å². The summed E-state index contributed by atoms with van der Waals surface area (Å²) in [6, 6.07) is 15.1. The van der Waals surface area contributed by atoms with E-state index in [-0.39, 0.29) is 27.4 Å². The monoisotopic (exact) mass is 487 g/mol. The second kappa shape index (κ2) is 10.8. The van der Waals surface area contributed by atoms with Crippen LogP contribution in [0.3, 0.4) is 0 Å². The van der Waals surface area contributed by atoms with Crippen LogP contribution < -0.4 is 10.1 Å². The Kier molecular flexibility index (Phi) is 7.87. The molecule has 0 unspecified atom stereocenters. The lowest BCUT2D eigenvalue weighted by Gasteiger charge is -2.12. The molecule has 0 aromatic heterocycles. The number of amides is 2. The van der Waals surface area contributed by atoms with E-state index in [1.165, 1.54) is 36.4 Å². The molecule has 10 heteroatoms. The lowest BCUT2D eigenvalue weighted by Crippen LogP contribution is -2.15. The minimum Gasteiger partial charge on any atom is -0.477 e. The summed E-state index contributed by atoms with van der Waals surface area (Å²) in [5, 5.41) is 13.6. The van der Waals surface area contributed by atoms with Gasteiger partial charge in [0, 0.05) is 23.4 Å². The first-order valence-corrected chi connectivity index (χ1v) is 10.5. The number of nitrogens with one attached hydrogen (secondary N) is 1. The van der Waals surface area contributed by atoms with Crippen molar-refractivity contribution in [1.29, 1.82) is 0 Å². The Morgan fingerprint density at radius 1 is 1.09 bits per heavy atom. The van der Waals surface area contributed by atoms with Gasteiger partial charge in [-0.3, -0.25) is 10.1 Å². The van der Waals surface area contributed by atoms with E-state index in [0.29, 0.717) is 23.6 Å². The van der Waals surface area contributed by atoms with Gasteiger partial charge in [-0.05, 0) is 49.7 Å². The Labute approximate surface area is 199 Å².